The lowest BCUT2D eigenvalue weighted by Crippen LogP contribution is -2.37. The van der Waals surface area contributed by atoms with Gasteiger partial charge >= 0.3 is 0 Å². The van der Waals surface area contributed by atoms with Crippen molar-refractivity contribution in [2.45, 2.75) is 24.0 Å². The number of ether oxygens (including phenoxy) is 1. The summed E-state index contributed by atoms with van der Waals surface area (Å²) >= 11 is 5.96. The summed E-state index contributed by atoms with van der Waals surface area (Å²) in [5, 5.41) is 3.36. The fraction of sp³-hybridized carbons (Fsp3) is 0.278. The Morgan fingerprint density at radius 2 is 2.00 bits per heavy atom. The van der Waals surface area contributed by atoms with E-state index >= 15 is 0 Å². The van der Waals surface area contributed by atoms with E-state index in [1.165, 1.54) is 20.2 Å². The maximum atomic E-state index is 12.4. The first-order chi connectivity index (χ1) is 12.3. The van der Waals surface area contributed by atoms with Crippen molar-refractivity contribution in [2.75, 3.05) is 14.1 Å². The molecule has 0 fully saturated rings. The van der Waals surface area contributed by atoms with Crippen molar-refractivity contribution < 1.29 is 17.9 Å². The Morgan fingerprint density at radius 1 is 1.27 bits per heavy atom. The van der Waals surface area contributed by atoms with Gasteiger partial charge in [-0.3, -0.25) is 4.79 Å². The van der Waals surface area contributed by atoms with Crippen LogP contribution < -0.4 is 10.1 Å². The van der Waals surface area contributed by atoms with Crippen LogP contribution in [0.3, 0.4) is 0 Å². The Labute approximate surface area is 157 Å². The second-order valence-electron chi connectivity index (χ2n) is 6.18. The lowest BCUT2D eigenvalue weighted by Gasteiger charge is -2.16. The Hall–Kier alpha value is -2.09. The summed E-state index contributed by atoms with van der Waals surface area (Å²) in [6.45, 7) is 0.0963. The van der Waals surface area contributed by atoms with Crippen LogP contribution in [0.2, 0.25) is 5.02 Å². The van der Waals surface area contributed by atoms with Crippen molar-refractivity contribution in [1.82, 2.24) is 9.62 Å². The summed E-state index contributed by atoms with van der Waals surface area (Å²) in [6, 6.07) is 11.8. The Balaban J connectivity index is 1.70. The van der Waals surface area contributed by atoms with Crippen LogP contribution in [0, 0.1) is 0 Å². The lowest BCUT2D eigenvalue weighted by atomic mass is 10.1. The molecular formula is C18H19ClN2O4S. The van der Waals surface area contributed by atoms with Crippen LogP contribution >= 0.6 is 11.6 Å². The van der Waals surface area contributed by atoms with E-state index < -0.39 is 16.1 Å². The molecule has 0 aliphatic carbocycles. The average Bonchev–Trinajstić information content (AvgIpc) is 3.03. The smallest absolute Gasteiger partial charge is 0.261 e. The normalized spacial score (nSPS) is 16.2. The number of hydrogen-bond donors (Lipinski definition) is 1. The van der Waals surface area contributed by atoms with E-state index in [2.05, 4.69) is 5.32 Å². The topological polar surface area (TPSA) is 75.7 Å². The molecule has 1 heterocycles. The number of amides is 1. The predicted molar refractivity (Wildman–Crippen MR) is 98.7 cm³/mol. The summed E-state index contributed by atoms with van der Waals surface area (Å²) < 4.78 is 31.6. The van der Waals surface area contributed by atoms with Gasteiger partial charge in [0.05, 0.1) is 4.90 Å². The van der Waals surface area contributed by atoms with Crippen LogP contribution in [0.15, 0.2) is 47.4 Å². The molecule has 1 unspecified atom stereocenters. The summed E-state index contributed by atoms with van der Waals surface area (Å²) in [6.07, 6.45) is -0.222. The number of nitrogens with zero attached hydrogens (tertiary/aromatic N) is 1. The first kappa shape index (κ1) is 18.7. The lowest BCUT2D eigenvalue weighted by molar-refractivity contribution is -0.127. The number of benzene rings is 2. The Bertz CT molecular complexity index is 944. The van der Waals surface area contributed by atoms with Crippen molar-refractivity contribution >= 4 is 27.5 Å². The summed E-state index contributed by atoms with van der Waals surface area (Å²) in [5.41, 5.74) is 1.40. The van der Waals surface area contributed by atoms with E-state index in [0.29, 0.717) is 22.8 Å². The summed E-state index contributed by atoms with van der Waals surface area (Å²) in [7, 11) is -0.644. The number of carbonyl (C=O) groups is 1. The van der Waals surface area contributed by atoms with Gasteiger partial charge in [-0.1, -0.05) is 29.8 Å². The van der Waals surface area contributed by atoms with Crippen molar-refractivity contribution in [3.8, 4) is 5.75 Å². The predicted octanol–water partition coefficient (Wildman–Crippen LogP) is 2.21. The van der Waals surface area contributed by atoms with Crippen LogP contribution in [0.25, 0.3) is 0 Å². The minimum Gasteiger partial charge on any atom is -0.480 e. The SMILES string of the molecule is CN(C)S(=O)(=O)c1ccccc1CNC(=O)C1Cc2cc(Cl)ccc2O1. The fourth-order valence-electron chi connectivity index (χ4n) is 2.76. The van der Waals surface area contributed by atoms with Gasteiger partial charge < -0.3 is 10.1 Å². The highest BCUT2D eigenvalue weighted by Crippen LogP contribution is 2.31. The van der Waals surface area contributed by atoms with E-state index in [1.54, 1.807) is 36.4 Å². The Kier molecular flexibility index (Phi) is 5.22. The molecule has 1 aliphatic heterocycles. The monoisotopic (exact) mass is 394 g/mol. The van der Waals surface area contributed by atoms with Gasteiger partial charge in [-0.25, -0.2) is 12.7 Å². The van der Waals surface area contributed by atoms with Crippen molar-refractivity contribution in [3.05, 3.63) is 58.6 Å². The van der Waals surface area contributed by atoms with Crippen LogP contribution in [0.1, 0.15) is 11.1 Å². The fourth-order valence-corrected chi connectivity index (χ4v) is 4.07. The van der Waals surface area contributed by atoms with Crippen molar-refractivity contribution in [1.29, 1.82) is 0 Å². The number of nitrogens with one attached hydrogen (secondary N) is 1. The van der Waals surface area contributed by atoms with Gasteiger partial charge in [0.25, 0.3) is 5.91 Å². The van der Waals surface area contributed by atoms with E-state index in [9.17, 15) is 13.2 Å². The number of sulfonamides is 1. The van der Waals surface area contributed by atoms with Gasteiger partial charge in [-0.05, 0) is 35.4 Å². The van der Waals surface area contributed by atoms with E-state index in [1.807, 2.05) is 0 Å². The van der Waals surface area contributed by atoms with Gasteiger partial charge in [0.2, 0.25) is 10.0 Å². The molecule has 0 aromatic heterocycles. The van der Waals surface area contributed by atoms with Crippen LogP contribution in [0.5, 0.6) is 5.75 Å². The van der Waals surface area contributed by atoms with Crippen LogP contribution in [0.4, 0.5) is 0 Å². The molecule has 0 bridgehead atoms. The molecule has 1 atom stereocenters. The number of hydrogen-bond acceptors (Lipinski definition) is 4. The molecule has 1 amide bonds. The third-order valence-electron chi connectivity index (χ3n) is 4.17. The molecule has 1 aliphatic rings. The molecule has 2 aromatic carbocycles. The highest BCUT2D eigenvalue weighted by atomic mass is 35.5. The minimum absolute atomic E-state index is 0.0963. The first-order valence-electron chi connectivity index (χ1n) is 8.02. The molecule has 26 heavy (non-hydrogen) atoms. The van der Waals surface area contributed by atoms with E-state index in [4.69, 9.17) is 16.3 Å². The average molecular weight is 395 g/mol. The van der Waals surface area contributed by atoms with E-state index in [-0.39, 0.29) is 17.3 Å². The quantitative estimate of drug-likeness (QED) is 0.843. The van der Waals surface area contributed by atoms with Gasteiger partial charge in [-0.2, -0.15) is 0 Å². The highest BCUT2D eigenvalue weighted by Gasteiger charge is 2.29. The highest BCUT2D eigenvalue weighted by molar-refractivity contribution is 7.89. The molecule has 3 rings (SSSR count). The van der Waals surface area contributed by atoms with Gasteiger partial charge in [0.1, 0.15) is 5.75 Å². The molecule has 0 radical (unpaired) electrons. The molecule has 2 aromatic rings. The molecule has 1 N–H and O–H groups in total. The van der Waals surface area contributed by atoms with Crippen LogP contribution in [-0.2, 0) is 27.8 Å². The van der Waals surface area contributed by atoms with E-state index in [0.717, 1.165) is 9.87 Å². The van der Waals surface area contributed by atoms with Crippen molar-refractivity contribution in [2.24, 2.45) is 0 Å². The van der Waals surface area contributed by atoms with Crippen LogP contribution in [-0.4, -0.2) is 38.8 Å². The standard InChI is InChI=1S/C18H19ClN2O4S/c1-21(2)26(23,24)17-6-4-3-5-12(17)11-20-18(22)16-10-13-9-14(19)7-8-15(13)25-16/h3-9,16H,10-11H2,1-2H3,(H,20,22). The zero-order valence-electron chi connectivity index (χ0n) is 14.4. The van der Waals surface area contributed by atoms with Gasteiger partial charge in [-0.15, -0.1) is 0 Å². The summed E-state index contributed by atoms with van der Waals surface area (Å²) in [4.78, 5) is 12.6. The maximum Gasteiger partial charge on any atom is 0.261 e. The zero-order chi connectivity index (χ0) is 18.9. The maximum absolute atomic E-state index is 12.4. The molecule has 0 spiro atoms. The molecule has 0 saturated heterocycles. The second-order valence-corrected chi connectivity index (χ2v) is 8.73. The molecule has 8 heteroatoms. The third kappa shape index (κ3) is 3.70. The molecule has 138 valence electrons. The van der Waals surface area contributed by atoms with Crippen molar-refractivity contribution in [3.63, 3.8) is 0 Å². The van der Waals surface area contributed by atoms with Gasteiger partial charge in [0.15, 0.2) is 6.10 Å². The third-order valence-corrected chi connectivity index (χ3v) is 6.32. The molecular weight excluding hydrogens is 376 g/mol. The minimum atomic E-state index is -3.59. The number of halogens is 1. The zero-order valence-corrected chi connectivity index (χ0v) is 16.0. The molecule has 6 nitrogen and oxygen atoms in total. The van der Waals surface area contributed by atoms with Gasteiger partial charge in [0, 0.05) is 32.1 Å². The number of carbonyl (C=O) groups excluding carboxylic acids is 1. The number of fused-ring (bicyclic) bond motifs is 1. The second kappa shape index (κ2) is 7.26. The first-order valence-corrected chi connectivity index (χ1v) is 9.84. The molecule has 0 saturated carbocycles. The Morgan fingerprint density at radius 3 is 2.73 bits per heavy atom. The largest absolute Gasteiger partial charge is 0.480 e. The summed E-state index contributed by atoms with van der Waals surface area (Å²) in [5.74, 6) is 0.347. The number of rotatable bonds is 5.